The lowest BCUT2D eigenvalue weighted by Crippen LogP contribution is -2.30. The van der Waals surface area contributed by atoms with Gasteiger partial charge in [-0.05, 0) is 35.7 Å². The predicted molar refractivity (Wildman–Crippen MR) is 105 cm³/mol. The molecule has 28 heavy (non-hydrogen) atoms. The van der Waals surface area contributed by atoms with E-state index >= 15 is 0 Å². The maximum Gasteiger partial charge on any atom is 0.341 e. The first-order valence-corrected chi connectivity index (χ1v) is 9.22. The lowest BCUT2D eigenvalue weighted by atomic mass is 9.99. The van der Waals surface area contributed by atoms with Crippen LogP contribution in [0.4, 0.5) is 0 Å². The number of carboxylic acid groups (broad SMARTS) is 1. The van der Waals surface area contributed by atoms with E-state index in [0.29, 0.717) is 12.3 Å². The number of rotatable bonds is 6. The predicted octanol–water partition coefficient (Wildman–Crippen LogP) is 3.17. The first kappa shape index (κ1) is 18.1. The van der Waals surface area contributed by atoms with Crippen LogP contribution in [0, 0.1) is 0 Å². The third kappa shape index (κ3) is 4.18. The van der Waals surface area contributed by atoms with E-state index < -0.39 is 5.97 Å². The summed E-state index contributed by atoms with van der Waals surface area (Å²) in [4.78, 5) is 21.8. The van der Waals surface area contributed by atoms with E-state index in [2.05, 4.69) is 39.1 Å². The van der Waals surface area contributed by atoms with Gasteiger partial charge in [0.05, 0.1) is 11.9 Å². The first-order valence-electron chi connectivity index (χ1n) is 9.22. The van der Waals surface area contributed by atoms with Crippen LogP contribution < -0.4 is 4.74 Å². The third-order valence-electron chi connectivity index (χ3n) is 4.87. The molecule has 0 atom stereocenters. The van der Waals surface area contributed by atoms with Crippen molar-refractivity contribution >= 4 is 5.97 Å². The lowest BCUT2D eigenvalue weighted by Gasteiger charge is -2.29. The number of fused-ring (bicyclic) bond motifs is 1. The third-order valence-corrected chi connectivity index (χ3v) is 4.87. The minimum atomic E-state index is -0.990. The Morgan fingerprint density at radius 3 is 2.79 bits per heavy atom. The number of carboxylic acids is 1. The molecule has 0 bridgehead atoms. The van der Waals surface area contributed by atoms with Gasteiger partial charge in [0.2, 0.25) is 0 Å². The largest absolute Gasteiger partial charge is 0.482 e. The summed E-state index contributed by atoms with van der Waals surface area (Å²) in [5.41, 5.74) is 5.39. The van der Waals surface area contributed by atoms with E-state index in [1.807, 2.05) is 18.2 Å². The Morgan fingerprint density at radius 1 is 1.14 bits per heavy atom. The van der Waals surface area contributed by atoms with Crippen molar-refractivity contribution in [2.24, 2.45) is 0 Å². The van der Waals surface area contributed by atoms with Gasteiger partial charge in [-0.25, -0.2) is 4.79 Å². The molecule has 0 spiro atoms. The van der Waals surface area contributed by atoms with Gasteiger partial charge in [-0.1, -0.05) is 24.3 Å². The molecular formula is C22H21N3O3. The number of hydrogen-bond acceptors (Lipinski definition) is 5. The van der Waals surface area contributed by atoms with Crippen LogP contribution in [-0.2, 0) is 24.3 Å². The molecule has 142 valence electrons. The molecule has 3 aromatic rings. The first-order chi connectivity index (χ1) is 13.7. The number of aliphatic carboxylic acids is 1. The van der Waals surface area contributed by atoms with E-state index in [1.54, 1.807) is 18.6 Å². The van der Waals surface area contributed by atoms with Gasteiger partial charge in [-0.3, -0.25) is 14.9 Å². The van der Waals surface area contributed by atoms with Crippen LogP contribution in [0.25, 0.3) is 11.3 Å². The second-order valence-corrected chi connectivity index (χ2v) is 6.82. The van der Waals surface area contributed by atoms with Crippen molar-refractivity contribution in [1.29, 1.82) is 0 Å². The molecule has 1 aliphatic rings. The van der Waals surface area contributed by atoms with Gasteiger partial charge in [0.25, 0.3) is 0 Å². The quantitative estimate of drug-likeness (QED) is 0.713. The highest BCUT2D eigenvalue weighted by atomic mass is 16.5. The summed E-state index contributed by atoms with van der Waals surface area (Å²) < 4.78 is 5.54. The molecular weight excluding hydrogens is 354 g/mol. The van der Waals surface area contributed by atoms with Crippen molar-refractivity contribution in [2.75, 3.05) is 13.2 Å². The van der Waals surface area contributed by atoms with Crippen molar-refractivity contribution in [3.63, 3.8) is 0 Å². The molecule has 6 heteroatoms. The normalized spacial score (nSPS) is 13.7. The van der Waals surface area contributed by atoms with E-state index in [9.17, 15) is 4.79 Å². The molecule has 1 aliphatic heterocycles. The summed E-state index contributed by atoms with van der Waals surface area (Å²) in [6.07, 6.45) is 6.02. The molecule has 0 aliphatic carbocycles. The van der Waals surface area contributed by atoms with Crippen LogP contribution >= 0.6 is 0 Å². The van der Waals surface area contributed by atoms with Crippen molar-refractivity contribution in [1.82, 2.24) is 14.9 Å². The Morgan fingerprint density at radius 2 is 2.00 bits per heavy atom. The molecule has 0 saturated carbocycles. The molecule has 2 aromatic carbocycles. The fraction of sp³-hybridized carbons (Fsp3) is 0.227. The van der Waals surface area contributed by atoms with Gasteiger partial charge in [0.15, 0.2) is 6.61 Å². The average Bonchev–Trinajstić information content (AvgIpc) is 2.73. The zero-order valence-electron chi connectivity index (χ0n) is 15.4. The molecule has 0 unspecified atom stereocenters. The molecule has 0 amide bonds. The minimum Gasteiger partial charge on any atom is -0.482 e. The summed E-state index contributed by atoms with van der Waals surface area (Å²) in [5, 5.41) is 8.98. The van der Waals surface area contributed by atoms with E-state index in [4.69, 9.17) is 9.84 Å². The lowest BCUT2D eigenvalue weighted by molar-refractivity contribution is -0.139. The number of carbonyl (C=O) groups is 1. The Hall–Kier alpha value is -3.25. The highest BCUT2D eigenvalue weighted by Gasteiger charge is 2.18. The standard InChI is InChI=1S/C22H21N3O3/c26-22(27)15-28-21-6-5-17(20-12-23-8-9-24-20)11-19(21)14-25-10-7-16-3-1-2-4-18(16)13-25/h1-6,8-9,11-12H,7,10,13-15H2,(H,26,27). The number of ether oxygens (including phenoxy) is 1. The molecule has 0 fully saturated rings. The van der Waals surface area contributed by atoms with Crippen molar-refractivity contribution < 1.29 is 14.6 Å². The van der Waals surface area contributed by atoms with Crippen molar-refractivity contribution in [3.8, 4) is 17.0 Å². The highest BCUT2D eigenvalue weighted by Crippen LogP contribution is 2.28. The van der Waals surface area contributed by atoms with Crippen LogP contribution in [0.5, 0.6) is 5.75 Å². The second-order valence-electron chi connectivity index (χ2n) is 6.82. The van der Waals surface area contributed by atoms with Crippen molar-refractivity contribution in [3.05, 3.63) is 77.7 Å². The molecule has 4 rings (SSSR count). The summed E-state index contributed by atoms with van der Waals surface area (Å²) in [6, 6.07) is 14.2. The Labute approximate surface area is 163 Å². The van der Waals surface area contributed by atoms with Crippen LogP contribution in [0.15, 0.2) is 61.1 Å². The van der Waals surface area contributed by atoms with Crippen LogP contribution in [0.1, 0.15) is 16.7 Å². The Bertz CT molecular complexity index is 976. The number of benzene rings is 2. The number of hydrogen-bond donors (Lipinski definition) is 1. The summed E-state index contributed by atoms with van der Waals surface area (Å²) in [5.74, 6) is -0.398. The molecule has 1 aromatic heterocycles. The number of aromatic nitrogens is 2. The number of nitrogens with zero attached hydrogens (tertiary/aromatic N) is 3. The van der Waals surface area contributed by atoms with Crippen LogP contribution in [-0.4, -0.2) is 39.1 Å². The van der Waals surface area contributed by atoms with Crippen LogP contribution in [0.2, 0.25) is 0 Å². The molecule has 0 radical (unpaired) electrons. The minimum absolute atomic E-state index is 0.361. The van der Waals surface area contributed by atoms with Gasteiger partial charge < -0.3 is 9.84 Å². The maximum atomic E-state index is 10.9. The zero-order valence-corrected chi connectivity index (χ0v) is 15.4. The van der Waals surface area contributed by atoms with Gasteiger partial charge in [0, 0.05) is 43.2 Å². The SMILES string of the molecule is O=C(O)COc1ccc(-c2cnccn2)cc1CN1CCc2ccccc2C1. The average molecular weight is 375 g/mol. The fourth-order valence-electron chi connectivity index (χ4n) is 3.52. The van der Waals surface area contributed by atoms with Crippen molar-refractivity contribution in [2.45, 2.75) is 19.5 Å². The smallest absolute Gasteiger partial charge is 0.341 e. The Balaban J connectivity index is 1.60. The van der Waals surface area contributed by atoms with E-state index in [-0.39, 0.29) is 6.61 Å². The molecule has 2 heterocycles. The highest BCUT2D eigenvalue weighted by molar-refractivity contribution is 5.69. The summed E-state index contributed by atoms with van der Waals surface area (Å²) >= 11 is 0. The molecule has 1 N–H and O–H groups in total. The zero-order chi connectivity index (χ0) is 19.3. The second kappa shape index (κ2) is 8.19. The maximum absolute atomic E-state index is 10.9. The van der Waals surface area contributed by atoms with Gasteiger partial charge in [0.1, 0.15) is 5.75 Å². The van der Waals surface area contributed by atoms with Gasteiger partial charge in [-0.2, -0.15) is 0 Å². The molecule has 6 nitrogen and oxygen atoms in total. The van der Waals surface area contributed by atoms with E-state index in [1.165, 1.54) is 11.1 Å². The van der Waals surface area contributed by atoms with Crippen LogP contribution in [0.3, 0.4) is 0 Å². The molecule has 0 saturated heterocycles. The van der Waals surface area contributed by atoms with Gasteiger partial charge in [-0.15, -0.1) is 0 Å². The topological polar surface area (TPSA) is 75.5 Å². The van der Waals surface area contributed by atoms with Gasteiger partial charge >= 0.3 is 5.97 Å². The Kier molecular flexibility index (Phi) is 5.30. The van der Waals surface area contributed by atoms with E-state index in [0.717, 1.165) is 36.3 Å². The fourth-order valence-corrected chi connectivity index (χ4v) is 3.52. The monoisotopic (exact) mass is 375 g/mol. The summed E-state index contributed by atoms with van der Waals surface area (Å²) in [6.45, 7) is 2.13. The summed E-state index contributed by atoms with van der Waals surface area (Å²) in [7, 11) is 0.